The zero-order valence-electron chi connectivity index (χ0n) is 30.8. The van der Waals surface area contributed by atoms with Crippen molar-refractivity contribution in [1.29, 1.82) is 0 Å². The van der Waals surface area contributed by atoms with Crippen molar-refractivity contribution in [2.45, 2.75) is 76.0 Å². The highest BCUT2D eigenvalue weighted by atomic mass is 35.5. The molecule has 3 aromatic rings. The van der Waals surface area contributed by atoms with Crippen LogP contribution in [0.3, 0.4) is 0 Å². The van der Waals surface area contributed by atoms with E-state index in [1.165, 1.54) is 0 Å². The molecule has 3 fully saturated rings. The number of piperazine rings is 2. The molecule has 0 aromatic heterocycles. The van der Waals surface area contributed by atoms with Crippen molar-refractivity contribution in [1.82, 2.24) is 25.3 Å². The standard InChI is InChI=1S/C42H47ClF3N5O4/c43-33-7-2-1-6-29(33)24-51(31-14-15-31)42(54)39-32(28-12-10-27(11-13-28)5-4-22-55-41-35(45)17-16-34(44)40(41)46)23-30-25-50(26-36(39)48-30)38(53)9-3-8-37(52)49-20-18-47-19-21-49/h1-2,6-7,10-13,16-17,30-31,36,47-48H,3-5,8-9,14-15,18-26H2/t30-,36-/m1/s1. The quantitative estimate of drug-likeness (QED) is 0.157. The fourth-order valence-corrected chi connectivity index (χ4v) is 8.07. The van der Waals surface area contributed by atoms with Crippen LogP contribution in [0.15, 0.2) is 66.2 Å². The van der Waals surface area contributed by atoms with Crippen LogP contribution in [-0.4, -0.2) is 96.4 Å². The SMILES string of the molecule is O=C(CCCC(=O)N1C[C@H]2CC(c3ccc(CCCOc4c(F)ccc(F)c4F)cc3)=C(C(=O)N(Cc3ccccc3Cl)C3CC3)[C@@H](C1)N2)N1CCNCC1. The molecule has 0 spiro atoms. The molecule has 0 radical (unpaired) electrons. The molecule has 13 heteroatoms. The molecular formula is C42H47ClF3N5O4. The molecule has 2 atom stereocenters. The molecule has 9 nitrogen and oxygen atoms in total. The maximum Gasteiger partial charge on any atom is 0.252 e. The van der Waals surface area contributed by atoms with Crippen LogP contribution < -0.4 is 15.4 Å². The van der Waals surface area contributed by atoms with Gasteiger partial charge in [-0.3, -0.25) is 14.4 Å². The van der Waals surface area contributed by atoms with Gasteiger partial charge in [-0.25, -0.2) is 8.78 Å². The first-order valence-corrected chi connectivity index (χ1v) is 19.7. The fourth-order valence-electron chi connectivity index (χ4n) is 7.87. The molecule has 1 saturated carbocycles. The van der Waals surface area contributed by atoms with Crippen molar-refractivity contribution in [3.8, 4) is 5.75 Å². The summed E-state index contributed by atoms with van der Waals surface area (Å²) in [7, 11) is 0. The number of nitrogens with zero attached hydrogens (tertiary/aromatic N) is 3. The number of benzene rings is 3. The maximum absolute atomic E-state index is 14.8. The van der Waals surface area contributed by atoms with E-state index in [9.17, 15) is 27.6 Å². The highest BCUT2D eigenvalue weighted by Gasteiger charge is 2.43. The van der Waals surface area contributed by atoms with Crippen molar-refractivity contribution in [3.05, 3.63) is 105 Å². The first kappa shape index (κ1) is 38.9. The lowest BCUT2D eigenvalue weighted by Gasteiger charge is -2.45. The average Bonchev–Trinajstić information content (AvgIpc) is 4.04. The number of amides is 3. The van der Waals surface area contributed by atoms with Gasteiger partial charge in [0.25, 0.3) is 5.91 Å². The number of carbonyl (C=O) groups excluding carboxylic acids is 3. The molecular weight excluding hydrogens is 731 g/mol. The molecule has 4 aliphatic rings. The van der Waals surface area contributed by atoms with E-state index in [2.05, 4.69) is 10.6 Å². The molecule has 2 N–H and O–H groups in total. The Balaban J connectivity index is 1.07. The summed E-state index contributed by atoms with van der Waals surface area (Å²) < 4.78 is 46.8. The van der Waals surface area contributed by atoms with Gasteiger partial charge in [0.05, 0.1) is 12.6 Å². The molecule has 7 rings (SSSR count). The zero-order chi connectivity index (χ0) is 38.5. The van der Waals surface area contributed by atoms with Crippen molar-refractivity contribution in [3.63, 3.8) is 0 Å². The van der Waals surface area contributed by atoms with Crippen molar-refractivity contribution < 1.29 is 32.3 Å². The number of nitrogens with one attached hydrogen (secondary N) is 2. The summed E-state index contributed by atoms with van der Waals surface area (Å²) in [6.07, 6.45) is 4.47. The van der Waals surface area contributed by atoms with Gasteiger partial charge in [-0.15, -0.1) is 0 Å². The van der Waals surface area contributed by atoms with Crippen LogP contribution in [-0.2, 0) is 27.3 Å². The van der Waals surface area contributed by atoms with Crippen molar-refractivity contribution in [2.24, 2.45) is 0 Å². The van der Waals surface area contributed by atoms with Gasteiger partial charge in [-0.2, -0.15) is 4.39 Å². The lowest BCUT2D eigenvalue weighted by molar-refractivity contribution is -0.135. The minimum absolute atomic E-state index is 0.00198. The third-order valence-corrected chi connectivity index (χ3v) is 11.3. The summed E-state index contributed by atoms with van der Waals surface area (Å²) in [5, 5.41) is 7.52. The van der Waals surface area contributed by atoms with Crippen LogP contribution in [0.4, 0.5) is 13.2 Å². The lowest BCUT2D eigenvalue weighted by Crippen LogP contribution is -2.62. The molecule has 55 heavy (non-hydrogen) atoms. The van der Waals surface area contributed by atoms with Gasteiger partial charge < -0.3 is 30.1 Å². The van der Waals surface area contributed by atoms with Gasteiger partial charge in [0.2, 0.25) is 17.6 Å². The van der Waals surface area contributed by atoms with Crippen LogP contribution in [0.2, 0.25) is 5.02 Å². The van der Waals surface area contributed by atoms with Crippen LogP contribution >= 0.6 is 11.6 Å². The van der Waals surface area contributed by atoms with E-state index in [4.69, 9.17) is 16.3 Å². The zero-order valence-corrected chi connectivity index (χ0v) is 31.6. The Morgan fingerprint density at radius 2 is 1.56 bits per heavy atom. The molecule has 3 amide bonds. The summed E-state index contributed by atoms with van der Waals surface area (Å²) in [5.74, 6) is -4.17. The molecule has 292 valence electrons. The molecule has 1 aliphatic carbocycles. The van der Waals surface area contributed by atoms with E-state index >= 15 is 0 Å². The summed E-state index contributed by atoms with van der Waals surface area (Å²) in [5.41, 5.74) is 4.37. The first-order chi connectivity index (χ1) is 26.7. The second-order valence-corrected chi connectivity index (χ2v) is 15.3. The van der Waals surface area contributed by atoms with Crippen LogP contribution in [0.25, 0.3) is 5.57 Å². The number of aryl methyl sites for hydroxylation is 1. The van der Waals surface area contributed by atoms with Crippen LogP contribution in [0.1, 0.15) is 61.6 Å². The number of fused-ring (bicyclic) bond motifs is 2. The minimum atomic E-state index is -1.34. The molecule has 3 aliphatic heterocycles. The van der Waals surface area contributed by atoms with E-state index < -0.39 is 23.2 Å². The molecule has 3 aromatic carbocycles. The van der Waals surface area contributed by atoms with Crippen molar-refractivity contribution in [2.75, 3.05) is 45.9 Å². The number of ether oxygens (including phenoxy) is 1. The fraction of sp³-hybridized carbons (Fsp3) is 0.452. The summed E-state index contributed by atoms with van der Waals surface area (Å²) in [4.78, 5) is 46.8. The Hall–Kier alpha value is -4.39. The predicted molar refractivity (Wildman–Crippen MR) is 204 cm³/mol. The number of hydrogen-bond acceptors (Lipinski definition) is 6. The lowest BCUT2D eigenvalue weighted by atomic mass is 9.82. The molecule has 3 heterocycles. The highest BCUT2D eigenvalue weighted by Crippen LogP contribution is 2.38. The third kappa shape index (κ3) is 9.36. The molecule has 2 saturated heterocycles. The number of rotatable bonds is 14. The van der Waals surface area contributed by atoms with Gasteiger partial charge in [0, 0.05) is 81.3 Å². The third-order valence-electron chi connectivity index (χ3n) is 10.9. The largest absolute Gasteiger partial charge is 0.488 e. The smallest absolute Gasteiger partial charge is 0.252 e. The van der Waals surface area contributed by atoms with Gasteiger partial charge in [-0.1, -0.05) is 54.1 Å². The van der Waals surface area contributed by atoms with Crippen LogP contribution in [0, 0.1) is 17.5 Å². The normalized spacial score (nSPS) is 19.7. The Morgan fingerprint density at radius 3 is 2.29 bits per heavy atom. The Kier molecular flexibility index (Phi) is 12.4. The highest BCUT2D eigenvalue weighted by molar-refractivity contribution is 6.31. The van der Waals surface area contributed by atoms with Crippen LogP contribution in [0.5, 0.6) is 5.75 Å². The van der Waals surface area contributed by atoms with Gasteiger partial charge in [-0.05, 0) is 79.0 Å². The summed E-state index contributed by atoms with van der Waals surface area (Å²) in [6.45, 7) is 4.18. The Bertz CT molecular complexity index is 1920. The summed E-state index contributed by atoms with van der Waals surface area (Å²) in [6, 6.07) is 16.7. The van der Waals surface area contributed by atoms with Crippen molar-refractivity contribution >= 4 is 34.9 Å². The first-order valence-electron chi connectivity index (χ1n) is 19.3. The Morgan fingerprint density at radius 1 is 0.855 bits per heavy atom. The van der Waals surface area contributed by atoms with E-state index in [0.717, 1.165) is 60.3 Å². The predicted octanol–water partition coefficient (Wildman–Crippen LogP) is 5.89. The summed E-state index contributed by atoms with van der Waals surface area (Å²) >= 11 is 6.57. The molecule has 2 bridgehead atoms. The monoisotopic (exact) mass is 777 g/mol. The molecule has 0 unspecified atom stereocenters. The van der Waals surface area contributed by atoms with E-state index in [0.29, 0.717) is 75.4 Å². The van der Waals surface area contributed by atoms with Gasteiger partial charge in [0.15, 0.2) is 17.4 Å². The van der Waals surface area contributed by atoms with E-state index in [-0.39, 0.29) is 48.9 Å². The van der Waals surface area contributed by atoms with E-state index in [1.54, 1.807) is 0 Å². The number of carbonyl (C=O) groups is 3. The maximum atomic E-state index is 14.8. The topological polar surface area (TPSA) is 94.2 Å². The second kappa shape index (κ2) is 17.6. The van der Waals surface area contributed by atoms with E-state index in [1.807, 2.05) is 63.2 Å². The second-order valence-electron chi connectivity index (χ2n) is 14.9. The van der Waals surface area contributed by atoms with Gasteiger partial charge >= 0.3 is 0 Å². The number of hydrogen-bond donors (Lipinski definition) is 2. The average molecular weight is 778 g/mol. The number of halogens is 4. The minimum Gasteiger partial charge on any atom is -0.488 e. The van der Waals surface area contributed by atoms with Gasteiger partial charge in [0.1, 0.15) is 0 Å². The Labute approximate surface area is 324 Å².